The summed E-state index contributed by atoms with van der Waals surface area (Å²) in [6.45, 7) is 45.8. The van der Waals surface area contributed by atoms with E-state index in [0.717, 1.165) is 22.8 Å². The SMILES string of the molecule is CC(/C=C(/C)[N-]c1c(C(C)C)cccc1C(C)C)=Nc1c(C(C)C)cccc1C(C)C.CC(C)c1cc(C(C)C)c([P]=[Ti+2])c(C(C)C)c1.[CH2-]C(C)(C)C. The van der Waals surface area contributed by atoms with Crippen LogP contribution in [0.3, 0.4) is 0 Å². The van der Waals surface area contributed by atoms with E-state index in [9.17, 15) is 0 Å². The van der Waals surface area contributed by atoms with E-state index < -0.39 is 0 Å². The predicted molar refractivity (Wildman–Crippen MR) is 239 cm³/mol. The van der Waals surface area contributed by atoms with Crippen molar-refractivity contribution < 1.29 is 19.4 Å². The average Bonchev–Trinajstić information content (AvgIpc) is 3.02. The van der Waals surface area contributed by atoms with Crippen LogP contribution in [0, 0.1) is 12.3 Å². The molecule has 0 heterocycles. The second-order valence-electron chi connectivity index (χ2n) is 18.0. The molecule has 0 spiro atoms. The smallest absolute Gasteiger partial charge is 0.0878 e. The van der Waals surface area contributed by atoms with Gasteiger partial charge in [0.25, 0.3) is 0 Å². The first-order valence-electron chi connectivity index (χ1n) is 20.0. The molecule has 0 bridgehead atoms. The molecule has 53 heavy (non-hydrogen) atoms. The van der Waals surface area contributed by atoms with Gasteiger partial charge in [0, 0.05) is 5.71 Å². The third kappa shape index (κ3) is 16.3. The molecule has 2 nitrogen and oxygen atoms in total. The third-order valence-corrected chi connectivity index (χ3v) is 10.7. The molecular weight excluding hydrogens is 695 g/mol. The van der Waals surface area contributed by atoms with Gasteiger partial charge in [0.2, 0.25) is 0 Å². The van der Waals surface area contributed by atoms with Gasteiger partial charge >= 0.3 is 119 Å². The molecule has 0 aromatic heterocycles. The predicted octanol–water partition coefficient (Wildman–Crippen LogP) is 16.8. The summed E-state index contributed by atoms with van der Waals surface area (Å²) in [7, 11) is 0. The molecule has 0 aliphatic heterocycles. The molecule has 0 saturated heterocycles. The van der Waals surface area contributed by atoms with Crippen molar-refractivity contribution in [3.63, 3.8) is 0 Å². The Morgan fingerprint density at radius 3 is 1.26 bits per heavy atom. The van der Waals surface area contributed by atoms with Crippen LogP contribution in [0.5, 0.6) is 0 Å². The van der Waals surface area contributed by atoms with E-state index in [2.05, 4.69) is 212 Å². The van der Waals surface area contributed by atoms with Gasteiger partial charge in [-0.05, 0) is 41.7 Å². The largest absolute Gasteiger partial charge is 0.338 e. The van der Waals surface area contributed by atoms with Gasteiger partial charge < -0.3 is 12.2 Å². The number of aliphatic imine (C=N–C) groups is 1. The molecule has 0 aliphatic carbocycles. The maximum atomic E-state index is 5.08. The van der Waals surface area contributed by atoms with E-state index in [4.69, 9.17) is 10.3 Å². The van der Waals surface area contributed by atoms with Crippen LogP contribution >= 0.6 is 6.11 Å². The van der Waals surface area contributed by atoms with Crippen LogP contribution in [-0.4, -0.2) is 5.71 Å². The van der Waals surface area contributed by atoms with E-state index in [1.54, 1.807) is 16.4 Å². The molecule has 3 rings (SSSR count). The Hall–Kier alpha value is -2.12. The fraction of sp³-hybridized carbons (Fsp3) is 0.551. The first kappa shape index (κ1) is 48.9. The van der Waals surface area contributed by atoms with Gasteiger partial charge in [0.05, 0.1) is 5.69 Å². The monoisotopic (exact) mass is 771 g/mol. The van der Waals surface area contributed by atoms with Crippen LogP contribution in [0.4, 0.5) is 11.4 Å². The molecule has 0 N–H and O–H groups in total. The van der Waals surface area contributed by atoms with Crippen molar-refractivity contribution in [2.24, 2.45) is 10.4 Å². The van der Waals surface area contributed by atoms with Crippen LogP contribution < -0.4 is 5.30 Å². The van der Waals surface area contributed by atoms with Gasteiger partial charge in [-0.2, -0.15) is 11.1 Å². The zero-order valence-electron chi connectivity index (χ0n) is 37.3. The van der Waals surface area contributed by atoms with Gasteiger partial charge in [-0.3, -0.25) is 4.99 Å². The van der Waals surface area contributed by atoms with E-state index >= 15 is 0 Å². The van der Waals surface area contributed by atoms with E-state index in [1.807, 2.05) is 0 Å². The van der Waals surface area contributed by atoms with Crippen molar-refractivity contribution in [1.29, 1.82) is 0 Å². The normalized spacial score (nSPS) is 12.7. The summed E-state index contributed by atoms with van der Waals surface area (Å²) >= 11 is 2.25. The molecule has 0 saturated carbocycles. The topological polar surface area (TPSA) is 26.5 Å². The molecule has 0 radical (unpaired) electrons. The summed E-state index contributed by atoms with van der Waals surface area (Å²) in [5, 5.41) is 6.63. The van der Waals surface area contributed by atoms with E-state index in [0.29, 0.717) is 41.4 Å². The molecule has 290 valence electrons. The minimum atomic E-state index is 0.250. The summed E-state index contributed by atoms with van der Waals surface area (Å²) in [5.41, 5.74) is 14.3. The van der Waals surface area contributed by atoms with Crippen LogP contribution in [0.15, 0.2) is 65.3 Å². The Labute approximate surface area is 341 Å². The summed E-state index contributed by atoms with van der Waals surface area (Å²) in [5.74, 6) is 3.60. The van der Waals surface area contributed by atoms with Gasteiger partial charge in [0.15, 0.2) is 0 Å². The van der Waals surface area contributed by atoms with Crippen LogP contribution in [-0.2, 0) is 19.4 Å². The summed E-state index contributed by atoms with van der Waals surface area (Å²) < 4.78 is 0. The Morgan fingerprint density at radius 2 is 0.962 bits per heavy atom. The maximum Gasteiger partial charge on any atom is -0.0878 e. The van der Waals surface area contributed by atoms with Crippen molar-refractivity contribution in [2.75, 3.05) is 0 Å². The second-order valence-corrected chi connectivity index (χ2v) is 19.7. The number of allylic oxidation sites excluding steroid dienone is 2. The molecule has 3 aromatic carbocycles. The quantitative estimate of drug-likeness (QED) is 0.0759. The molecule has 0 aliphatic rings. The van der Waals surface area contributed by atoms with Gasteiger partial charge in [0.1, 0.15) is 0 Å². The number of rotatable bonds is 12. The van der Waals surface area contributed by atoms with E-state index in [1.165, 1.54) is 33.9 Å². The Morgan fingerprint density at radius 1 is 0.623 bits per heavy atom. The van der Waals surface area contributed by atoms with Gasteiger partial charge in [-0.25, -0.2) is 0 Å². The molecular formula is C49H75N2PTi. The fourth-order valence-electron chi connectivity index (χ4n) is 6.05. The van der Waals surface area contributed by atoms with Gasteiger partial charge in [-0.1, -0.05) is 137 Å². The minimum Gasteiger partial charge on any atom is -0.338 e. The summed E-state index contributed by atoms with van der Waals surface area (Å²) in [6.07, 6.45) is 3.51. The summed E-state index contributed by atoms with van der Waals surface area (Å²) in [6, 6.07) is 18.0. The van der Waals surface area contributed by atoms with Crippen LogP contribution in [0.2, 0.25) is 0 Å². The molecule has 4 heteroatoms. The van der Waals surface area contributed by atoms with Crippen LogP contribution in [0.25, 0.3) is 5.32 Å². The molecule has 0 unspecified atom stereocenters. The summed E-state index contributed by atoms with van der Waals surface area (Å²) in [4.78, 5) is 5.08. The van der Waals surface area contributed by atoms with Crippen LogP contribution in [0.1, 0.15) is 212 Å². The fourth-order valence-corrected chi connectivity index (χ4v) is 8.16. The Bertz CT molecular complexity index is 1570. The Balaban J connectivity index is 0.000000533. The molecule has 0 atom stereocenters. The second kappa shape index (κ2) is 22.4. The molecule has 0 amide bonds. The van der Waals surface area contributed by atoms with Crippen molar-refractivity contribution in [3.8, 4) is 0 Å². The zero-order chi connectivity index (χ0) is 41.0. The van der Waals surface area contributed by atoms with Crippen molar-refractivity contribution >= 4 is 28.5 Å². The number of benzene rings is 3. The first-order valence-corrected chi connectivity index (χ1v) is 23.0. The van der Waals surface area contributed by atoms with E-state index in [-0.39, 0.29) is 5.41 Å². The molecule has 3 aromatic rings. The number of nitrogens with zero attached hydrogens (tertiary/aromatic N) is 2. The standard InChI is InChI=1S/C29H41N2.C15H23P.C5H11.Ti/c1-18(2)24-13-11-14-25(19(3)4)28(24)30-22(9)17-23(10)31-29-26(20(5)6)15-12-16-27(29)21(7)8;1-9(2)12-7-13(10(3)4)15(16)14(8-12)11(5)6;1-5(2,3)4;/h11-21H,1-10H3;7-11H,1-6H3;1H2,2-4H3;/q-1;;-1;+2/b22-17-,31-23?;;;. The number of para-hydroxylation sites is 2. The maximum absolute atomic E-state index is 5.08. The third-order valence-electron chi connectivity index (χ3n) is 8.89. The van der Waals surface area contributed by atoms with Gasteiger partial charge in [-0.15, -0.1) is 5.69 Å². The van der Waals surface area contributed by atoms with Crippen molar-refractivity contribution in [3.05, 3.63) is 111 Å². The van der Waals surface area contributed by atoms with Crippen molar-refractivity contribution in [1.82, 2.24) is 0 Å². The average molecular weight is 771 g/mol. The van der Waals surface area contributed by atoms with Crippen molar-refractivity contribution in [2.45, 2.75) is 173 Å². The zero-order valence-corrected chi connectivity index (χ0v) is 39.7. The number of hydrogen-bond acceptors (Lipinski definition) is 1. The first-order chi connectivity index (χ1) is 24.4. The molecule has 0 fully saturated rings. The number of hydrogen-bond donors (Lipinski definition) is 0. The minimum absolute atomic E-state index is 0.250. The Kier molecular flexibility index (Phi) is 20.7.